The minimum absolute atomic E-state index is 0.544. The van der Waals surface area contributed by atoms with Crippen molar-refractivity contribution in [2.75, 3.05) is 0 Å². The van der Waals surface area contributed by atoms with Gasteiger partial charge in [0.2, 0.25) is 0 Å². The van der Waals surface area contributed by atoms with Crippen LogP contribution in [0.4, 0.5) is 0 Å². The van der Waals surface area contributed by atoms with Crippen LogP contribution in [-0.4, -0.2) is 15.8 Å². The molecule has 0 bridgehead atoms. The van der Waals surface area contributed by atoms with Gasteiger partial charge in [-0.05, 0) is 42.1 Å². The highest BCUT2D eigenvalue weighted by Crippen LogP contribution is 2.20. The molecular weight excluding hydrogens is 266 g/mol. The number of halogens is 1. The molecule has 1 aromatic heterocycles. The third-order valence-electron chi connectivity index (χ3n) is 2.70. The van der Waals surface area contributed by atoms with Gasteiger partial charge in [0.1, 0.15) is 0 Å². The maximum Gasteiger partial charge on any atom is 0.0739 e. The Morgan fingerprint density at radius 1 is 1.38 bits per heavy atom. The lowest BCUT2D eigenvalue weighted by molar-refractivity contribution is 0.435. The highest BCUT2D eigenvalue weighted by Gasteiger charge is 2.11. The summed E-state index contributed by atoms with van der Waals surface area (Å²) in [5.41, 5.74) is 2.27. The highest BCUT2D eigenvalue weighted by molar-refractivity contribution is 9.10. The van der Waals surface area contributed by atoms with Crippen molar-refractivity contribution in [3.05, 3.63) is 15.9 Å². The van der Waals surface area contributed by atoms with Crippen LogP contribution >= 0.6 is 15.9 Å². The molecule has 0 saturated heterocycles. The molecule has 0 saturated carbocycles. The molecule has 1 heterocycles. The Kier molecular flexibility index (Phi) is 4.99. The third kappa shape index (κ3) is 3.59. The van der Waals surface area contributed by atoms with E-state index >= 15 is 0 Å². The molecule has 0 aromatic carbocycles. The van der Waals surface area contributed by atoms with Gasteiger partial charge in [-0.15, -0.1) is 0 Å². The zero-order chi connectivity index (χ0) is 12.3. The van der Waals surface area contributed by atoms with E-state index in [0.29, 0.717) is 6.04 Å². The summed E-state index contributed by atoms with van der Waals surface area (Å²) in [5, 5.41) is 7.91. The van der Waals surface area contributed by atoms with Crippen LogP contribution in [0.5, 0.6) is 0 Å². The average molecular weight is 288 g/mol. The molecule has 0 aliphatic heterocycles. The maximum atomic E-state index is 4.38. The van der Waals surface area contributed by atoms with Gasteiger partial charge in [0.15, 0.2) is 0 Å². The summed E-state index contributed by atoms with van der Waals surface area (Å²) < 4.78 is 3.06. The number of hydrogen-bond donors (Lipinski definition) is 1. The predicted octanol–water partition coefficient (Wildman–Crippen LogP) is 3.02. The van der Waals surface area contributed by atoms with E-state index in [1.54, 1.807) is 0 Å². The first-order chi connectivity index (χ1) is 7.41. The van der Waals surface area contributed by atoms with Crippen molar-refractivity contribution in [3.63, 3.8) is 0 Å². The van der Waals surface area contributed by atoms with Gasteiger partial charge in [0.25, 0.3) is 0 Å². The average Bonchev–Trinajstić information content (AvgIpc) is 2.38. The summed E-state index contributed by atoms with van der Waals surface area (Å²) in [6.07, 6.45) is 1.20. The van der Waals surface area contributed by atoms with Crippen LogP contribution < -0.4 is 5.32 Å². The van der Waals surface area contributed by atoms with E-state index < -0.39 is 0 Å². The maximum absolute atomic E-state index is 4.38. The van der Waals surface area contributed by atoms with Crippen molar-refractivity contribution in [1.82, 2.24) is 15.1 Å². The number of aromatic nitrogens is 2. The van der Waals surface area contributed by atoms with Crippen molar-refractivity contribution >= 4 is 15.9 Å². The van der Waals surface area contributed by atoms with E-state index in [1.807, 2.05) is 18.7 Å². The summed E-state index contributed by atoms with van der Waals surface area (Å²) in [5.74, 6) is 0.735. The summed E-state index contributed by atoms with van der Waals surface area (Å²) >= 11 is 3.58. The van der Waals surface area contributed by atoms with Crippen LogP contribution in [0.25, 0.3) is 0 Å². The summed E-state index contributed by atoms with van der Waals surface area (Å²) in [4.78, 5) is 0. The SMILES string of the molecule is Cc1nn(C)c(CNC(C)CC(C)C)c1Br. The van der Waals surface area contributed by atoms with E-state index in [9.17, 15) is 0 Å². The number of nitrogens with one attached hydrogen (secondary N) is 1. The molecule has 92 valence electrons. The highest BCUT2D eigenvalue weighted by atomic mass is 79.9. The van der Waals surface area contributed by atoms with Crippen LogP contribution in [-0.2, 0) is 13.6 Å². The quantitative estimate of drug-likeness (QED) is 0.902. The first-order valence-corrected chi connectivity index (χ1v) is 6.62. The largest absolute Gasteiger partial charge is 0.309 e. The Balaban J connectivity index is 2.54. The third-order valence-corrected chi connectivity index (χ3v) is 3.74. The van der Waals surface area contributed by atoms with Gasteiger partial charge >= 0.3 is 0 Å². The summed E-state index contributed by atoms with van der Waals surface area (Å²) in [7, 11) is 1.99. The van der Waals surface area contributed by atoms with Crippen LogP contribution in [0.1, 0.15) is 38.6 Å². The molecule has 0 aliphatic carbocycles. The normalized spacial score (nSPS) is 13.4. The molecule has 1 aromatic rings. The second kappa shape index (κ2) is 5.82. The number of nitrogens with zero attached hydrogens (tertiary/aromatic N) is 2. The van der Waals surface area contributed by atoms with Gasteiger partial charge in [-0.25, -0.2) is 0 Å². The van der Waals surface area contributed by atoms with E-state index in [0.717, 1.165) is 22.6 Å². The molecule has 0 amide bonds. The van der Waals surface area contributed by atoms with Crippen LogP contribution in [0.3, 0.4) is 0 Å². The van der Waals surface area contributed by atoms with Crippen molar-refractivity contribution in [2.24, 2.45) is 13.0 Å². The van der Waals surface area contributed by atoms with Gasteiger partial charge < -0.3 is 5.32 Å². The van der Waals surface area contributed by atoms with Crippen LogP contribution in [0.2, 0.25) is 0 Å². The minimum atomic E-state index is 0.544. The molecule has 4 heteroatoms. The van der Waals surface area contributed by atoms with E-state index in [2.05, 4.69) is 47.1 Å². The smallest absolute Gasteiger partial charge is 0.0739 e. The first-order valence-electron chi connectivity index (χ1n) is 5.83. The lowest BCUT2D eigenvalue weighted by Gasteiger charge is -2.16. The Bertz CT molecular complexity index is 344. The number of rotatable bonds is 5. The van der Waals surface area contributed by atoms with Crippen molar-refractivity contribution < 1.29 is 0 Å². The molecule has 0 radical (unpaired) electrons. The van der Waals surface area contributed by atoms with Crippen LogP contribution in [0.15, 0.2) is 4.47 Å². The number of hydrogen-bond acceptors (Lipinski definition) is 2. The Morgan fingerprint density at radius 2 is 2.00 bits per heavy atom. The fraction of sp³-hybridized carbons (Fsp3) is 0.750. The Labute approximate surface area is 107 Å². The lowest BCUT2D eigenvalue weighted by Crippen LogP contribution is -2.27. The van der Waals surface area contributed by atoms with E-state index in [4.69, 9.17) is 0 Å². The molecule has 0 spiro atoms. The number of aryl methyl sites for hydroxylation is 2. The molecule has 1 N–H and O–H groups in total. The van der Waals surface area contributed by atoms with Crippen molar-refractivity contribution in [3.8, 4) is 0 Å². The van der Waals surface area contributed by atoms with Crippen molar-refractivity contribution in [2.45, 2.75) is 46.7 Å². The standard InChI is InChI=1S/C12H22BrN3/c1-8(2)6-9(3)14-7-11-12(13)10(4)15-16(11)5/h8-9,14H,6-7H2,1-5H3. The van der Waals surface area contributed by atoms with Gasteiger partial charge in [0.05, 0.1) is 15.9 Å². The molecule has 1 unspecified atom stereocenters. The second-order valence-corrected chi connectivity index (χ2v) is 5.67. The lowest BCUT2D eigenvalue weighted by atomic mass is 10.1. The van der Waals surface area contributed by atoms with Gasteiger partial charge in [-0.2, -0.15) is 5.10 Å². The molecule has 1 rings (SSSR count). The fourth-order valence-electron chi connectivity index (χ4n) is 1.93. The van der Waals surface area contributed by atoms with Gasteiger partial charge in [-0.3, -0.25) is 4.68 Å². The molecule has 0 aliphatic rings. The fourth-order valence-corrected chi connectivity index (χ4v) is 2.41. The summed E-state index contributed by atoms with van der Waals surface area (Å²) in [6.45, 7) is 9.62. The van der Waals surface area contributed by atoms with E-state index in [-0.39, 0.29) is 0 Å². The zero-order valence-electron chi connectivity index (χ0n) is 10.8. The summed E-state index contributed by atoms with van der Waals surface area (Å²) in [6, 6.07) is 0.544. The van der Waals surface area contributed by atoms with Gasteiger partial charge in [0, 0.05) is 19.6 Å². The molecule has 3 nitrogen and oxygen atoms in total. The molecule has 0 fully saturated rings. The van der Waals surface area contributed by atoms with Crippen LogP contribution in [0, 0.1) is 12.8 Å². The van der Waals surface area contributed by atoms with E-state index in [1.165, 1.54) is 12.1 Å². The molecular formula is C12H22BrN3. The zero-order valence-corrected chi connectivity index (χ0v) is 12.4. The Hall–Kier alpha value is -0.350. The predicted molar refractivity (Wildman–Crippen MR) is 71.4 cm³/mol. The van der Waals surface area contributed by atoms with Gasteiger partial charge in [-0.1, -0.05) is 13.8 Å². The second-order valence-electron chi connectivity index (χ2n) is 4.88. The molecule has 1 atom stereocenters. The first kappa shape index (κ1) is 13.7. The van der Waals surface area contributed by atoms with Crippen molar-refractivity contribution in [1.29, 1.82) is 0 Å². The monoisotopic (exact) mass is 287 g/mol. The Morgan fingerprint density at radius 3 is 2.44 bits per heavy atom. The topological polar surface area (TPSA) is 29.9 Å². The molecule has 16 heavy (non-hydrogen) atoms. The minimum Gasteiger partial charge on any atom is -0.309 e.